The molecule has 0 saturated carbocycles. The second kappa shape index (κ2) is 5.55. The zero-order valence-electron chi connectivity index (χ0n) is 11.8. The first-order chi connectivity index (χ1) is 10.5. The minimum absolute atomic E-state index is 0.315. The molecule has 0 aliphatic heterocycles. The molecule has 0 saturated heterocycles. The molecule has 1 heterocycles. The maximum Gasteiger partial charge on any atom is 0.129 e. The molecular formula is C17H14ClFN2O. The third-order valence-corrected chi connectivity index (χ3v) is 3.93. The fourth-order valence-corrected chi connectivity index (χ4v) is 2.87. The number of hydrogen-bond donors (Lipinski definition) is 2. The third-order valence-electron chi connectivity index (χ3n) is 3.62. The fourth-order valence-electron chi connectivity index (χ4n) is 2.59. The van der Waals surface area contributed by atoms with Gasteiger partial charge in [0.05, 0.1) is 11.1 Å². The average molecular weight is 317 g/mol. The molecular weight excluding hydrogens is 303 g/mol. The molecule has 22 heavy (non-hydrogen) atoms. The molecule has 0 bridgehead atoms. The zero-order chi connectivity index (χ0) is 15.9. The number of halogens is 2. The van der Waals surface area contributed by atoms with E-state index >= 15 is 0 Å². The molecule has 1 aromatic heterocycles. The first-order valence-electron chi connectivity index (χ1n) is 6.79. The summed E-state index contributed by atoms with van der Waals surface area (Å²) in [4.78, 5) is 4.12. The third kappa shape index (κ3) is 2.51. The minimum Gasteiger partial charge on any atom is -0.389 e. The van der Waals surface area contributed by atoms with Crippen LogP contribution in [-0.2, 0) is 0 Å². The van der Waals surface area contributed by atoms with Gasteiger partial charge in [0.15, 0.2) is 0 Å². The Labute approximate surface area is 132 Å². The highest BCUT2D eigenvalue weighted by atomic mass is 35.5. The normalized spacial score (nSPS) is 12.5. The Morgan fingerprint density at radius 3 is 2.68 bits per heavy atom. The van der Waals surface area contributed by atoms with Gasteiger partial charge in [-0.25, -0.2) is 9.37 Å². The van der Waals surface area contributed by atoms with Crippen LogP contribution in [0.25, 0.3) is 21.9 Å². The summed E-state index contributed by atoms with van der Waals surface area (Å²) < 4.78 is 13.2. The van der Waals surface area contributed by atoms with Gasteiger partial charge in [0.25, 0.3) is 0 Å². The standard InChI is InChI=1S/C17H14ClFN2O/c1-9(22)16-14-4-2-10(6-11(14)8-21-17(16)20)13-5-3-12(19)7-15(13)18/h2-9,22H,1H3,(H2,20,21). The molecule has 0 fully saturated rings. The number of rotatable bonds is 2. The van der Waals surface area contributed by atoms with Crippen LogP contribution in [0.2, 0.25) is 5.02 Å². The number of anilines is 1. The van der Waals surface area contributed by atoms with Gasteiger partial charge in [-0.3, -0.25) is 0 Å². The Morgan fingerprint density at radius 1 is 1.23 bits per heavy atom. The van der Waals surface area contributed by atoms with Crippen LogP contribution >= 0.6 is 11.6 Å². The molecule has 5 heteroatoms. The van der Waals surface area contributed by atoms with Crippen molar-refractivity contribution in [3.63, 3.8) is 0 Å². The van der Waals surface area contributed by atoms with E-state index in [0.717, 1.165) is 21.9 Å². The van der Waals surface area contributed by atoms with Crippen molar-refractivity contribution < 1.29 is 9.50 Å². The summed E-state index contributed by atoms with van der Waals surface area (Å²) in [5, 5.41) is 11.9. The maximum atomic E-state index is 13.2. The number of hydrogen-bond acceptors (Lipinski definition) is 3. The van der Waals surface area contributed by atoms with Crippen LogP contribution in [0.15, 0.2) is 42.6 Å². The quantitative estimate of drug-likeness (QED) is 0.739. The van der Waals surface area contributed by atoms with E-state index < -0.39 is 6.10 Å². The largest absolute Gasteiger partial charge is 0.389 e. The van der Waals surface area contributed by atoms with E-state index in [9.17, 15) is 9.50 Å². The van der Waals surface area contributed by atoms with E-state index in [4.69, 9.17) is 17.3 Å². The monoisotopic (exact) mass is 316 g/mol. The Kier molecular flexibility index (Phi) is 3.72. The van der Waals surface area contributed by atoms with Gasteiger partial charge in [-0.15, -0.1) is 0 Å². The molecule has 2 aromatic carbocycles. The fraction of sp³-hybridized carbons (Fsp3) is 0.118. The molecule has 3 nitrogen and oxygen atoms in total. The lowest BCUT2D eigenvalue weighted by atomic mass is 9.98. The van der Waals surface area contributed by atoms with Crippen LogP contribution in [0.4, 0.5) is 10.2 Å². The number of nitrogens with two attached hydrogens (primary N) is 1. The van der Waals surface area contributed by atoms with Crippen LogP contribution in [0.3, 0.4) is 0 Å². The summed E-state index contributed by atoms with van der Waals surface area (Å²) in [5.74, 6) is -0.0598. The summed E-state index contributed by atoms with van der Waals surface area (Å²) in [7, 11) is 0. The molecule has 1 atom stereocenters. The van der Waals surface area contributed by atoms with Crippen molar-refractivity contribution >= 4 is 28.2 Å². The van der Waals surface area contributed by atoms with Gasteiger partial charge in [0.1, 0.15) is 11.6 Å². The molecule has 3 N–H and O–H groups in total. The van der Waals surface area contributed by atoms with Crippen molar-refractivity contribution in [2.75, 3.05) is 5.73 Å². The van der Waals surface area contributed by atoms with E-state index in [2.05, 4.69) is 4.98 Å². The highest BCUT2D eigenvalue weighted by molar-refractivity contribution is 6.33. The molecule has 3 rings (SSSR count). The lowest BCUT2D eigenvalue weighted by Crippen LogP contribution is -2.02. The summed E-state index contributed by atoms with van der Waals surface area (Å²) in [6.45, 7) is 1.65. The Morgan fingerprint density at radius 2 is 2.00 bits per heavy atom. The van der Waals surface area contributed by atoms with Gasteiger partial charge < -0.3 is 10.8 Å². The molecule has 0 amide bonds. The van der Waals surface area contributed by atoms with Crippen molar-refractivity contribution in [3.8, 4) is 11.1 Å². The highest BCUT2D eigenvalue weighted by Crippen LogP contribution is 2.33. The number of nitrogens with zero attached hydrogens (tertiary/aromatic N) is 1. The van der Waals surface area contributed by atoms with Crippen molar-refractivity contribution in [2.24, 2.45) is 0 Å². The number of pyridine rings is 1. The lowest BCUT2D eigenvalue weighted by molar-refractivity contribution is 0.201. The molecule has 0 radical (unpaired) electrons. The second-order valence-corrected chi connectivity index (χ2v) is 5.57. The first kappa shape index (κ1) is 14.8. The average Bonchev–Trinajstić information content (AvgIpc) is 2.46. The van der Waals surface area contributed by atoms with E-state index in [1.54, 1.807) is 19.2 Å². The molecule has 3 aromatic rings. The van der Waals surface area contributed by atoms with E-state index in [1.165, 1.54) is 12.1 Å². The van der Waals surface area contributed by atoms with E-state index in [1.807, 2.05) is 18.2 Å². The molecule has 112 valence electrons. The molecule has 0 aliphatic rings. The van der Waals surface area contributed by atoms with Crippen LogP contribution in [0, 0.1) is 5.82 Å². The number of benzene rings is 2. The number of aromatic nitrogens is 1. The van der Waals surface area contributed by atoms with Gasteiger partial charge >= 0.3 is 0 Å². The molecule has 1 unspecified atom stereocenters. The van der Waals surface area contributed by atoms with Crippen LogP contribution < -0.4 is 5.73 Å². The predicted molar refractivity (Wildman–Crippen MR) is 87.2 cm³/mol. The maximum absolute atomic E-state index is 13.2. The van der Waals surface area contributed by atoms with Crippen molar-refractivity contribution in [1.29, 1.82) is 0 Å². The lowest BCUT2D eigenvalue weighted by Gasteiger charge is -2.13. The second-order valence-electron chi connectivity index (χ2n) is 5.16. The van der Waals surface area contributed by atoms with Gasteiger partial charge in [-0.1, -0.05) is 23.7 Å². The number of fused-ring (bicyclic) bond motifs is 1. The SMILES string of the molecule is CC(O)c1c(N)ncc2cc(-c3ccc(F)cc3Cl)ccc12. The number of aliphatic hydroxyl groups is 1. The van der Waals surface area contributed by atoms with Crippen molar-refractivity contribution in [2.45, 2.75) is 13.0 Å². The number of aliphatic hydroxyl groups excluding tert-OH is 1. The Bertz CT molecular complexity index is 865. The predicted octanol–water partition coefficient (Wildman–Crippen LogP) is 4.33. The van der Waals surface area contributed by atoms with Crippen LogP contribution in [-0.4, -0.2) is 10.1 Å². The van der Waals surface area contributed by atoms with Gasteiger partial charge in [-0.05, 0) is 42.1 Å². The van der Waals surface area contributed by atoms with E-state index in [0.29, 0.717) is 16.4 Å². The summed E-state index contributed by atoms with van der Waals surface area (Å²) in [5.41, 5.74) is 8.03. The van der Waals surface area contributed by atoms with Gasteiger partial charge in [0, 0.05) is 22.7 Å². The highest BCUT2D eigenvalue weighted by Gasteiger charge is 2.13. The number of nitrogen functional groups attached to an aromatic ring is 1. The summed E-state index contributed by atoms with van der Waals surface area (Å²) in [6.07, 6.45) is 0.939. The Balaban J connectivity index is 2.21. The van der Waals surface area contributed by atoms with E-state index in [-0.39, 0.29) is 5.82 Å². The van der Waals surface area contributed by atoms with Crippen LogP contribution in [0.5, 0.6) is 0 Å². The zero-order valence-corrected chi connectivity index (χ0v) is 12.6. The molecule has 0 aliphatic carbocycles. The topological polar surface area (TPSA) is 59.1 Å². The van der Waals surface area contributed by atoms with Crippen LogP contribution in [0.1, 0.15) is 18.6 Å². The van der Waals surface area contributed by atoms with Crippen molar-refractivity contribution in [1.82, 2.24) is 4.98 Å². The first-order valence-corrected chi connectivity index (χ1v) is 7.17. The molecule has 0 spiro atoms. The summed E-state index contributed by atoms with van der Waals surface area (Å²) in [6, 6.07) is 9.92. The van der Waals surface area contributed by atoms with Gasteiger partial charge in [-0.2, -0.15) is 0 Å². The van der Waals surface area contributed by atoms with Gasteiger partial charge in [0.2, 0.25) is 0 Å². The van der Waals surface area contributed by atoms with Crippen molar-refractivity contribution in [3.05, 3.63) is 59.0 Å². The smallest absolute Gasteiger partial charge is 0.129 e. The minimum atomic E-state index is -0.712. The summed E-state index contributed by atoms with van der Waals surface area (Å²) >= 11 is 6.11. The Hall–Kier alpha value is -2.17.